The minimum Gasteiger partial charge on any atom is -0.493 e. The molecule has 1 aromatic rings. The molecule has 1 aliphatic rings. The second kappa shape index (κ2) is 10.6. The Balaban J connectivity index is 1.72. The molecule has 0 saturated heterocycles. The van der Waals surface area contributed by atoms with Crippen LogP contribution in [-0.2, 0) is 11.2 Å². The molecule has 0 bridgehead atoms. The number of hydrogen-bond acceptors (Lipinski definition) is 2. The number of hydrogen-bond donors (Lipinski definition) is 0. The lowest BCUT2D eigenvalue weighted by Gasteiger charge is -2.33. The van der Waals surface area contributed by atoms with Crippen LogP contribution in [0.4, 0.5) is 0 Å². The van der Waals surface area contributed by atoms with Gasteiger partial charge in [0.25, 0.3) is 0 Å². The Morgan fingerprint density at radius 1 is 1.11 bits per heavy atom. The van der Waals surface area contributed by atoms with Crippen molar-refractivity contribution in [3.05, 3.63) is 52.6 Å². The smallest absolute Gasteiger partial charge is 0.130 e. The molecule has 0 atom stereocenters. The van der Waals surface area contributed by atoms with Gasteiger partial charge >= 0.3 is 0 Å². The van der Waals surface area contributed by atoms with Gasteiger partial charge in [0.05, 0.1) is 6.61 Å². The molecule has 0 N–H and O–H groups in total. The molecule has 1 aliphatic carbocycles. The first kappa shape index (κ1) is 22.5. The average Bonchev–Trinajstić information content (AvgIpc) is 2.65. The first-order chi connectivity index (χ1) is 13.3. The minimum atomic E-state index is 0.237. The highest BCUT2D eigenvalue weighted by Crippen LogP contribution is 2.41. The van der Waals surface area contributed by atoms with Crippen LogP contribution in [0.3, 0.4) is 0 Å². The molecule has 2 nitrogen and oxygen atoms in total. The van der Waals surface area contributed by atoms with E-state index < -0.39 is 0 Å². The number of benzene rings is 1. The molecule has 2 rings (SSSR count). The zero-order valence-corrected chi connectivity index (χ0v) is 18.6. The maximum absolute atomic E-state index is 11.1. The van der Waals surface area contributed by atoms with Gasteiger partial charge in [-0.2, -0.15) is 0 Å². The molecule has 0 aromatic heterocycles. The fraction of sp³-hybridized carbons (Fsp3) is 0.577. The molecule has 1 aromatic carbocycles. The quantitative estimate of drug-likeness (QED) is 0.315. The van der Waals surface area contributed by atoms with Gasteiger partial charge in [0.15, 0.2) is 0 Å². The fourth-order valence-electron chi connectivity index (χ4n) is 3.91. The number of ether oxygens (including phenoxy) is 1. The van der Waals surface area contributed by atoms with Crippen molar-refractivity contribution < 1.29 is 9.53 Å². The third-order valence-electron chi connectivity index (χ3n) is 6.22. The van der Waals surface area contributed by atoms with Crippen LogP contribution in [-0.4, -0.2) is 12.4 Å². The fourth-order valence-corrected chi connectivity index (χ4v) is 3.91. The zero-order valence-electron chi connectivity index (χ0n) is 18.6. The normalized spacial score (nSPS) is 17.0. The van der Waals surface area contributed by atoms with Crippen LogP contribution < -0.4 is 4.74 Å². The van der Waals surface area contributed by atoms with E-state index in [0.29, 0.717) is 18.4 Å². The predicted molar refractivity (Wildman–Crippen MR) is 119 cm³/mol. The minimum absolute atomic E-state index is 0.237. The monoisotopic (exact) mass is 382 g/mol. The molecule has 28 heavy (non-hydrogen) atoms. The topological polar surface area (TPSA) is 26.3 Å². The summed E-state index contributed by atoms with van der Waals surface area (Å²) in [6.45, 7) is 11.7. The number of ketones is 1. The van der Waals surface area contributed by atoms with Crippen molar-refractivity contribution >= 4 is 5.78 Å². The maximum Gasteiger partial charge on any atom is 0.130 e. The van der Waals surface area contributed by atoms with E-state index in [1.165, 1.54) is 36.8 Å². The van der Waals surface area contributed by atoms with Crippen LogP contribution in [0, 0.1) is 5.41 Å². The summed E-state index contributed by atoms with van der Waals surface area (Å²) in [5.74, 6) is 1.14. The van der Waals surface area contributed by atoms with Crippen LogP contribution in [0.15, 0.2) is 47.1 Å². The standard InChI is InChI=1S/C26H38O2/c1-20(10-15-24-9-6-18-26(4,5)22(24)3)8-7-19-28-25-16-13-23(14-17-25)12-11-21(2)27/h8,13-14,16-17H,6-7,9-12,15,18-19H2,1-5H3. The van der Waals surface area contributed by atoms with E-state index in [0.717, 1.165) is 25.0 Å². The lowest BCUT2D eigenvalue weighted by Crippen LogP contribution is -2.19. The van der Waals surface area contributed by atoms with Crippen molar-refractivity contribution in [2.24, 2.45) is 5.41 Å². The summed E-state index contributed by atoms with van der Waals surface area (Å²) >= 11 is 0. The largest absolute Gasteiger partial charge is 0.493 e. The summed E-state index contributed by atoms with van der Waals surface area (Å²) < 4.78 is 5.85. The van der Waals surface area contributed by atoms with E-state index in [-0.39, 0.29) is 5.78 Å². The number of Topliss-reactive ketones (excluding diaryl/α,β-unsaturated/α-hetero) is 1. The summed E-state index contributed by atoms with van der Waals surface area (Å²) in [7, 11) is 0. The Morgan fingerprint density at radius 2 is 1.82 bits per heavy atom. The summed E-state index contributed by atoms with van der Waals surface area (Å²) in [5, 5.41) is 0. The molecule has 0 radical (unpaired) electrons. The Morgan fingerprint density at radius 3 is 2.50 bits per heavy atom. The van der Waals surface area contributed by atoms with Gasteiger partial charge < -0.3 is 9.53 Å². The molecule has 154 valence electrons. The van der Waals surface area contributed by atoms with E-state index >= 15 is 0 Å². The van der Waals surface area contributed by atoms with E-state index in [2.05, 4.69) is 45.9 Å². The van der Waals surface area contributed by atoms with Crippen LogP contribution in [0.5, 0.6) is 5.75 Å². The summed E-state index contributed by atoms with van der Waals surface area (Å²) in [4.78, 5) is 11.1. The van der Waals surface area contributed by atoms with Gasteiger partial charge in [0, 0.05) is 6.42 Å². The first-order valence-electron chi connectivity index (χ1n) is 10.8. The molecule has 0 unspecified atom stereocenters. The van der Waals surface area contributed by atoms with Crippen molar-refractivity contribution in [3.63, 3.8) is 0 Å². The Hall–Kier alpha value is -1.83. The van der Waals surface area contributed by atoms with Crippen molar-refractivity contribution in [2.75, 3.05) is 6.61 Å². The molecule has 0 saturated carbocycles. The lowest BCUT2D eigenvalue weighted by atomic mass is 9.72. The van der Waals surface area contributed by atoms with E-state index in [4.69, 9.17) is 4.74 Å². The molecule has 0 aliphatic heterocycles. The van der Waals surface area contributed by atoms with Gasteiger partial charge in [0.2, 0.25) is 0 Å². The number of aryl methyl sites for hydroxylation is 1. The second-order valence-electron chi connectivity index (χ2n) is 9.00. The third kappa shape index (κ3) is 7.30. The number of carbonyl (C=O) groups excluding carboxylic acids is 1. The molecule has 0 heterocycles. The van der Waals surface area contributed by atoms with Crippen molar-refractivity contribution in [1.29, 1.82) is 0 Å². The summed E-state index contributed by atoms with van der Waals surface area (Å²) in [5.41, 5.74) is 6.35. The van der Waals surface area contributed by atoms with Gasteiger partial charge in [-0.15, -0.1) is 0 Å². The molecule has 0 fully saturated rings. The highest BCUT2D eigenvalue weighted by atomic mass is 16.5. The van der Waals surface area contributed by atoms with E-state index in [1.54, 1.807) is 18.1 Å². The van der Waals surface area contributed by atoms with E-state index in [9.17, 15) is 4.79 Å². The highest BCUT2D eigenvalue weighted by molar-refractivity contribution is 5.75. The SMILES string of the molecule is CC(=O)CCc1ccc(OCCC=C(C)CCC2=C(C)C(C)(C)CCC2)cc1. The Kier molecular flexibility index (Phi) is 8.54. The Labute approximate surface area is 172 Å². The molecular formula is C26H38O2. The highest BCUT2D eigenvalue weighted by Gasteiger charge is 2.26. The van der Waals surface area contributed by atoms with Gasteiger partial charge in [-0.05, 0) is 88.8 Å². The van der Waals surface area contributed by atoms with Crippen LogP contribution in [0.2, 0.25) is 0 Å². The summed E-state index contributed by atoms with van der Waals surface area (Å²) in [6.07, 6.45) is 11.0. The molecule has 0 amide bonds. The molecule has 2 heteroatoms. The van der Waals surface area contributed by atoms with E-state index in [1.807, 2.05) is 12.1 Å². The van der Waals surface area contributed by atoms with Crippen LogP contribution in [0.25, 0.3) is 0 Å². The lowest BCUT2D eigenvalue weighted by molar-refractivity contribution is -0.116. The van der Waals surface area contributed by atoms with Gasteiger partial charge in [-0.3, -0.25) is 0 Å². The maximum atomic E-state index is 11.1. The van der Waals surface area contributed by atoms with Gasteiger partial charge in [-0.25, -0.2) is 0 Å². The molecular weight excluding hydrogens is 344 g/mol. The predicted octanol–water partition coefficient (Wildman–Crippen LogP) is 7.23. The second-order valence-corrected chi connectivity index (χ2v) is 9.00. The van der Waals surface area contributed by atoms with Crippen molar-refractivity contribution in [2.45, 2.75) is 86.0 Å². The molecule has 0 spiro atoms. The van der Waals surface area contributed by atoms with Crippen LogP contribution in [0.1, 0.15) is 85.1 Å². The number of carbonyl (C=O) groups is 1. The zero-order chi connectivity index (χ0) is 20.6. The average molecular weight is 383 g/mol. The van der Waals surface area contributed by atoms with Crippen molar-refractivity contribution in [1.82, 2.24) is 0 Å². The number of rotatable bonds is 10. The number of allylic oxidation sites excluding steroid dienone is 3. The van der Waals surface area contributed by atoms with Crippen molar-refractivity contribution in [3.8, 4) is 5.75 Å². The Bertz CT molecular complexity index is 704. The van der Waals surface area contributed by atoms with Gasteiger partial charge in [0.1, 0.15) is 11.5 Å². The van der Waals surface area contributed by atoms with Gasteiger partial charge in [-0.1, -0.05) is 48.8 Å². The summed E-state index contributed by atoms with van der Waals surface area (Å²) in [6, 6.07) is 8.13. The first-order valence-corrected chi connectivity index (χ1v) is 10.8. The third-order valence-corrected chi connectivity index (χ3v) is 6.22. The van der Waals surface area contributed by atoms with Crippen LogP contribution >= 0.6 is 0 Å².